The van der Waals surface area contributed by atoms with E-state index in [1.54, 1.807) is 0 Å². The van der Waals surface area contributed by atoms with E-state index in [-0.39, 0.29) is 0 Å². The summed E-state index contributed by atoms with van der Waals surface area (Å²) in [4.78, 5) is 4.35. The summed E-state index contributed by atoms with van der Waals surface area (Å²) >= 11 is 3.54. The van der Waals surface area contributed by atoms with E-state index >= 15 is 0 Å². The number of nitrogens with one attached hydrogen (secondary N) is 1. The molecule has 0 radical (unpaired) electrons. The van der Waals surface area contributed by atoms with Crippen LogP contribution in [0.4, 0.5) is 0 Å². The highest BCUT2D eigenvalue weighted by Crippen LogP contribution is 2.32. The molecule has 1 heterocycles. The molecule has 1 aromatic carbocycles. The van der Waals surface area contributed by atoms with Gasteiger partial charge in [0, 0.05) is 35.4 Å². The average molecular weight is 317 g/mol. The van der Waals surface area contributed by atoms with Crippen molar-refractivity contribution < 1.29 is 0 Å². The Morgan fingerprint density at radius 3 is 3.05 bits per heavy atom. The van der Waals surface area contributed by atoms with Crippen molar-refractivity contribution in [1.82, 2.24) is 10.3 Å². The second-order valence-corrected chi connectivity index (χ2v) is 5.88. The molecule has 1 aromatic heterocycles. The number of aromatic nitrogens is 1. The Hall–Kier alpha value is -1.19. The lowest BCUT2D eigenvalue weighted by Gasteiger charge is -2.13. The fourth-order valence-corrected chi connectivity index (χ4v) is 3.13. The van der Waals surface area contributed by atoms with Gasteiger partial charge < -0.3 is 5.32 Å². The minimum absolute atomic E-state index is 0.506. The van der Waals surface area contributed by atoms with Crippen molar-refractivity contribution in [3.05, 3.63) is 63.9 Å². The Bertz CT molecular complexity index is 554. The maximum atomic E-state index is 4.35. The Labute approximate surface area is 122 Å². The standard InChI is InChI=1S/C16H17BrN2/c17-13-5-6-15-12(11-13)4-7-16(15)19-10-8-14-3-1-2-9-18-14/h1-3,5-6,9,11,16,19H,4,7-8,10H2. The first-order valence-corrected chi connectivity index (χ1v) is 7.54. The Kier molecular flexibility index (Phi) is 3.95. The number of hydrogen-bond acceptors (Lipinski definition) is 2. The van der Waals surface area contributed by atoms with Crippen LogP contribution in [0.25, 0.3) is 0 Å². The predicted molar refractivity (Wildman–Crippen MR) is 81.1 cm³/mol. The largest absolute Gasteiger partial charge is 0.310 e. The van der Waals surface area contributed by atoms with E-state index in [0.29, 0.717) is 6.04 Å². The summed E-state index contributed by atoms with van der Waals surface area (Å²) < 4.78 is 1.18. The summed E-state index contributed by atoms with van der Waals surface area (Å²) in [5.41, 5.74) is 4.10. The number of pyridine rings is 1. The molecule has 1 unspecified atom stereocenters. The summed E-state index contributed by atoms with van der Waals surface area (Å²) in [6.45, 7) is 0.983. The van der Waals surface area contributed by atoms with Crippen LogP contribution in [-0.4, -0.2) is 11.5 Å². The van der Waals surface area contributed by atoms with Gasteiger partial charge in [-0.3, -0.25) is 4.98 Å². The van der Waals surface area contributed by atoms with Gasteiger partial charge in [0.2, 0.25) is 0 Å². The number of halogens is 1. The van der Waals surface area contributed by atoms with Gasteiger partial charge in [-0.05, 0) is 48.2 Å². The van der Waals surface area contributed by atoms with Gasteiger partial charge in [0.1, 0.15) is 0 Å². The first kappa shape index (κ1) is 12.8. The van der Waals surface area contributed by atoms with Gasteiger partial charge in [-0.25, -0.2) is 0 Å². The maximum absolute atomic E-state index is 4.35. The van der Waals surface area contributed by atoms with E-state index < -0.39 is 0 Å². The molecule has 2 nitrogen and oxygen atoms in total. The lowest BCUT2D eigenvalue weighted by molar-refractivity contribution is 0.531. The zero-order valence-electron chi connectivity index (χ0n) is 10.8. The van der Waals surface area contributed by atoms with Gasteiger partial charge in [0.25, 0.3) is 0 Å². The number of hydrogen-bond donors (Lipinski definition) is 1. The number of aryl methyl sites for hydroxylation is 1. The van der Waals surface area contributed by atoms with Crippen LogP contribution in [0.2, 0.25) is 0 Å². The van der Waals surface area contributed by atoms with Crippen LogP contribution in [0, 0.1) is 0 Å². The van der Waals surface area contributed by atoms with E-state index in [9.17, 15) is 0 Å². The van der Waals surface area contributed by atoms with Crippen molar-refractivity contribution in [2.24, 2.45) is 0 Å². The molecule has 1 aliphatic rings. The van der Waals surface area contributed by atoms with E-state index in [1.807, 2.05) is 18.3 Å². The second-order valence-electron chi connectivity index (χ2n) is 4.96. The number of benzene rings is 1. The molecule has 1 atom stereocenters. The van der Waals surface area contributed by atoms with Gasteiger partial charge in [0.05, 0.1) is 0 Å². The van der Waals surface area contributed by atoms with E-state index in [4.69, 9.17) is 0 Å². The Morgan fingerprint density at radius 2 is 2.21 bits per heavy atom. The summed E-state index contributed by atoms with van der Waals surface area (Å²) in [6, 6.07) is 13.2. The SMILES string of the molecule is Brc1ccc2c(c1)CCC2NCCc1ccccn1. The molecule has 19 heavy (non-hydrogen) atoms. The minimum Gasteiger partial charge on any atom is -0.310 e. The first-order chi connectivity index (χ1) is 9.33. The molecule has 3 heteroatoms. The van der Waals surface area contributed by atoms with Crippen LogP contribution in [-0.2, 0) is 12.8 Å². The average Bonchev–Trinajstić information content (AvgIpc) is 2.82. The normalized spacial score (nSPS) is 17.4. The summed E-state index contributed by atoms with van der Waals surface area (Å²) in [5, 5.41) is 3.65. The van der Waals surface area contributed by atoms with Crippen molar-refractivity contribution in [3.63, 3.8) is 0 Å². The molecule has 2 aromatic rings. The van der Waals surface area contributed by atoms with Gasteiger partial charge in [-0.1, -0.05) is 28.1 Å². The van der Waals surface area contributed by atoms with Crippen LogP contribution in [0.5, 0.6) is 0 Å². The van der Waals surface area contributed by atoms with Crippen molar-refractivity contribution in [3.8, 4) is 0 Å². The Morgan fingerprint density at radius 1 is 1.26 bits per heavy atom. The fraction of sp³-hybridized carbons (Fsp3) is 0.312. The predicted octanol–water partition coefficient (Wildman–Crippen LogP) is 3.66. The molecule has 0 spiro atoms. The van der Waals surface area contributed by atoms with Crippen molar-refractivity contribution >= 4 is 15.9 Å². The molecule has 0 fully saturated rings. The van der Waals surface area contributed by atoms with E-state index in [0.717, 1.165) is 18.7 Å². The van der Waals surface area contributed by atoms with Crippen LogP contribution >= 0.6 is 15.9 Å². The topological polar surface area (TPSA) is 24.9 Å². The number of fused-ring (bicyclic) bond motifs is 1. The summed E-state index contributed by atoms with van der Waals surface area (Å²) in [7, 11) is 0. The molecule has 98 valence electrons. The number of nitrogens with zero attached hydrogens (tertiary/aromatic N) is 1. The zero-order valence-corrected chi connectivity index (χ0v) is 12.4. The third kappa shape index (κ3) is 3.04. The second kappa shape index (κ2) is 5.85. The molecule has 0 aliphatic heterocycles. The minimum atomic E-state index is 0.506. The van der Waals surface area contributed by atoms with Gasteiger partial charge in [0.15, 0.2) is 0 Å². The highest BCUT2D eigenvalue weighted by Gasteiger charge is 2.21. The van der Waals surface area contributed by atoms with Crippen molar-refractivity contribution in [2.45, 2.75) is 25.3 Å². The summed E-state index contributed by atoms with van der Waals surface area (Å²) in [5.74, 6) is 0. The van der Waals surface area contributed by atoms with Crippen LogP contribution in [0.15, 0.2) is 47.1 Å². The number of rotatable bonds is 4. The molecule has 1 aliphatic carbocycles. The van der Waals surface area contributed by atoms with Gasteiger partial charge in [-0.15, -0.1) is 0 Å². The fourth-order valence-electron chi connectivity index (χ4n) is 2.72. The van der Waals surface area contributed by atoms with Crippen LogP contribution < -0.4 is 5.32 Å². The lowest BCUT2D eigenvalue weighted by Crippen LogP contribution is -2.22. The Balaban J connectivity index is 1.58. The van der Waals surface area contributed by atoms with E-state index in [1.165, 1.54) is 28.4 Å². The highest BCUT2D eigenvalue weighted by molar-refractivity contribution is 9.10. The molecule has 0 saturated carbocycles. The maximum Gasteiger partial charge on any atom is 0.0416 e. The molecule has 0 bridgehead atoms. The molecule has 0 amide bonds. The third-order valence-electron chi connectivity index (χ3n) is 3.68. The summed E-state index contributed by atoms with van der Waals surface area (Å²) in [6.07, 6.45) is 5.23. The lowest BCUT2D eigenvalue weighted by atomic mass is 10.1. The molecule has 3 rings (SSSR count). The monoisotopic (exact) mass is 316 g/mol. The quantitative estimate of drug-likeness (QED) is 0.931. The van der Waals surface area contributed by atoms with Gasteiger partial charge in [-0.2, -0.15) is 0 Å². The zero-order chi connectivity index (χ0) is 13.1. The van der Waals surface area contributed by atoms with Crippen molar-refractivity contribution in [2.75, 3.05) is 6.54 Å². The van der Waals surface area contributed by atoms with Crippen LogP contribution in [0.1, 0.15) is 29.3 Å². The molecular weight excluding hydrogens is 300 g/mol. The van der Waals surface area contributed by atoms with E-state index in [2.05, 4.69) is 50.5 Å². The van der Waals surface area contributed by atoms with Crippen molar-refractivity contribution in [1.29, 1.82) is 0 Å². The highest BCUT2D eigenvalue weighted by atomic mass is 79.9. The van der Waals surface area contributed by atoms with Gasteiger partial charge >= 0.3 is 0 Å². The molecule has 0 saturated heterocycles. The third-order valence-corrected chi connectivity index (χ3v) is 4.17. The molecule has 1 N–H and O–H groups in total. The molecular formula is C16H17BrN2. The first-order valence-electron chi connectivity index (χ1n) is 6.74. The smallest absolute Gasteiger partial charge is 0.0416 e. The van der Waals surface area contributed by atoms with Crippen LogP contribution in [0.3, 0.4) is 0 Å².